The fourth-order valence-corrected chi connectivity index (χ4v) is 4.29. The Morgan fingerprint density at radius 3 is 2.40 bits per heavy atom. The number of piperazine rings is 1. The molecule has 2 heterocycles. The zero-order chi connectivity index (χ0) is 17.2. The smallest absolute Gasteiger partial charge is 0.282 e. The lowest BCUT2D eigenvalue weighted by molar-refractivity contribution is 0.0582. The summed E-state index contributed by atoms with van der Waals surface area (Å²) in [4.78, 5) is 21.7. The number of thiazole rings is 1. The molecule has 0 N–H and O–H groups in total. The van der Waals surface area contributed by atoms with Crippen molar-refractivity contribution in [1.29, 1.82) is 0 Å². The molecule has 1 aliphatic heterocycles. The molecule has 5 heteroatoms. The highest BCUT2D eigenvalue weighted by molar-refractivity contribution is 7.20. The van der Waals surface area contributed by atoms with E-state index in [1.165, 1.54) is 16.9 Å². The lowest BCUT2D eigenvalue weighted by Gasteiger charge is -2.38. The molecule has 1 fully saturated rings. The summed E-state index contributed by atoms with van der Waals surface area (Å²) in [7, 11) is 0. The van der Waals surface area contributed by atoms with E-state index in [-0.39, 0.29) is 5.91 Å². The number of hydrogen-bond donors (Lipinski definition) is 0. The van der Waals surface area contributed by atoms with Gasteiger partial charge in [0.05, 0.1) is 10.2 Å². The van der Waals surface area contributed by atoms with Crippen LogP contribution in [0.3, 0.4) is 0 Å². The Morgan fingerprint density at radius 1 is 1.00 bits per heavy atom. The highest BCUT2D eigenvalue weighted by Gasteiger charge is 2.26. The van der Waals surface area contributed by atoms with Crippen molar-refractivity contribution < 1.29 is 4.79 Å². The van der Waals surface area contributed by atoms with E-state index < -0.39 is 0 Å². The minimum absolute atomic E-state index is 0.0632. The van der Waals surface area contributed by atoms with Gasteiger partial charge in [0.2, 0.25) is 0 Å². The zero-order valence-electron chi connectivity index (χ0n) is 14.3. The highest BCUT2D eigenvalue weighted by atomic mass is 32.1. The molecule has 0 radical (unpaired) electrons. The molecule has 0 aliphatic carbocycles. The van der Waals surface area contributed by atoms with Crippen LogP contribution in [0.1, 0.15) is 28.3 Å². The van der Waals surface area contributed by atoms with Crippen LogP contribution in [0.5, 0.6) is 0 Å². The quantitative estimate of drug-likeness (QED) is 0.720. The van der Waals surface area contributed by atoms with Gasteiger partial charge in [-0.15, -0.1) is 11.3 Å². The van der Waals surface area contributed by atoms with Crippen LogP contribution in [0.15, 0.2) is 54.6 Å². The van der Waals surface area contributed by atoms with Crippen molar-refractivity contribution in [3.63, 3.8) is 0 Å². The van der Waals surface area contributed by atoms with Crippen molar-refractivity contribution in [3.8, 4) is 0 Å². The molecule has 25 heavy (non-hydrogen) atoms. The van der Waals surface area contributed by atoms with E-state index in [1.54, 1.807) is 0 Å². The number of fused-ring (bicyclic) bond motifs is 1. The van der Waals surface area contributed by atoms with Crippen molar-refractivity contribution in [1.82, 2.24) is 14.8 Å². The second-order valence-corrected chi connectivity index (χ2v) is 7.43. The third kappa shape index (κ3) is 3.30. The van der Waals surface area contributed by atoms with Crippen molar-refractivity contribution in [2.75, 3.05) is 26.2 Å². The topological polar surface area (TPSA) is 36.4 Å². The predicted molar refractivity (Wildman–Crippen MR) is 102 cm³/mol. The lowest BCUT2D eigenvalue weighted by Crippen LogP contribution is -2.49. The van der Waals surface area contributed by atoms with Gasteiger partial charge in [-0.3, -0.25) is 9.69 Å². The monoisotopic (exact) mass is 351 g/mol. The Balaban J connectivity index is 1.42. The summed E-state index contributed by atoms with van der Waals surface area (Å²) in [6.07, 6.45) is 0. The first-order valence-corrected chi connectivity index (χ1v) is 9.48. The van der Waals surface area contributed by atoms with Crippen LogP contribution in [-0.2, 0) is 0 Å². The van der Waals surface area contributed by atoms with Gasteiger partial charge in [0.25, 0.3) is 5.91 Å². The van der Waals surface area contributed by atoms with Gasteiger partial charge < -0.3 is 4.90 Å². The van der Waals surface area contributed by atoms with E-state index in [0.29, 0.717) is 11.0 Å². The van der Waals surface area contributed by atoms with Crippen LogP contribution in [0, 0.1) is 0 Å². The van der Waals surface area contributed by atoms with E-state index in [0.717, 1.165) is 36.4 Å². The lowest BCUT2D eigenvalue weighted by atomic mass is 10.1. The molecule has 4 rings (SSSR count). The Kier molecular flexibility index (Phi) is 4.51. The molecule has 2 aromatic carbocycles. The number of hydrogen-bond acceptors (Lipinski definition) is 4. The molecule has 4 nitrogen and oxygen atoms in total. The van der Waals surface area contributed by atoms with Crippen LogP contribution in [-0.4, -0.2) is 46.9 Å². The second kappa shape index (κ2) is 6.94. The number of carbonyl (C=O) groups excluding carboxylic acids is 1. The molecule has 1 atom stereocenters. The Bertz CT molecular complexity index is 836. The number of nitrogens with zero attached hydrogens (tertiary/aromatic N) is 3. The van der Waals surface area contributed by atoms with Gasteiger partial charge in [0.1, 0.15) is 0 Å². The summed E-state index contributed by atoms with van der Waals surface area (Å²) in [5, 5.41) is 0.603. The number of aromatic nitrogens is 1. The Morgan fingerprint density at radius 2 is 1.68 bits per heavy atom. The fourth-order valence-electron chi connectivity index (χ4n) is 3.35. The third-order valence-corrected chi connectivity index (χ3v) is 5.93. The second-order valence-electron chi connectivity index (χ2n) is 6.40. The van der Waals surface area contributed by atoms with E-state index >= 15 is 0 Å². The molecular formula is C20H21N3OS. The van der Waals surface area contributed by atoms with E-state index in [1.807, 2.05) is 35.2 Å². The maximum Gasteiger partial charge on any atom is 0.282 e. The maximum absolute atomic E-state index is 12.8. The van der Waals surface area contributed by atoms with Gasteiger partial charge in [-0.25, -0.2) is 4.98 Å². The zero-order valence-corrected chi connectivity index (χ0v) is 15.1. The van der Waals surface area contributed by atoms with Crippen LogP contribution in [0.25, 0.3) is 10.2 Å². The number of para-hydroxylation sites is 1. The molecule has 0 spiro atoms. The van der Waals surface area contributed by atoms with E-state index in [4.69, 9.17) is 0 Å². The fraction of sp³-hybridized carbons (Fsp3) is 0.300. The van der Waals surface area contributed by atoms with Gasteiger partial charge >= 0.3 is 0 Å². The molecule has 1 saturated heterocycles. The summed E-state index contributed by atoms with van der Waals surface area (Å²) < 4.78 is 1.07. The molecule has 0 saturated carbocycles. The average Bonchev–Trinajstić information content (AvgIpc) is 3.12. The normalized spacial score (nSPS) is 16.9. The summed E-state index contributed by atoms with van der Waals surface area (Å²) in [5.74, 6) is 0.0632. The van der Waals surface area contributed by atoms with Gasteiger partial charge in [-0.2, -0.15) is 0 Å². The van der Waals surface area contributed by atoms with Gasteiger partial charge in [-0.1, -0.05) is 42.5 Å². The SMILES string of the molecule is C[C@@H](c1ccccc1)N1CCN(C(=O)c2nc3ccccc3s2)CC1. The molecule has 1 aliphatic rings. The van der Waals surface area contributed by atoms with Crippen LogP contribution in [0.2, 0.25) is 0 Å². The number of benzene rings is 2. The predicted octanol–water partition coefficient (Wildman–Crippen LogP) is 3.82. The number of amides is 1. The highest BCUT2D eigenvalue weighted by Crippen LogP contribution is 2.25. The molecule has 1 aromatic heterocycles. The van der Waals surface area contributed by atoms with E-state index in [9.17, 15) is 4.79 Å². The Labute approximate surface area is 151 Å². The summed E-state index contributed by atoms with van der Waals surface area (Å²) in [6, 6.07) is 18.8. The molecular weight excluding hydrogens is 330 g/mol. The summed E-state index contributed by atoms with van der Waals surface area (Å²) in [6.45, 7) is 5.54. The standard InChI is InChI=1S/C20H21N3OS/c1-15(16-7-3-2-4-8-16)22-11-13-23(14-12-22)20(24)19-21-17-9-5-6-10-18(17)25-19/h2-10,15H,11-14H2,1H3/t15-/m0/s1. The van der Waals surface area contributed by atoms with Crippen molar-refractivity contribution in [3.05, 3.63) is 65.2 Å². The van der Waals surface area contributed by atoms with Crippen molar-refractivity contribution in [2.45, 2.75) is 13.0 Å². The van der Waals surface area contributed by atoms with Crippen LogP contribution < -0.4 is 0 Å². The minimum atomic E-state index is 0.0632. The molecule has 128 valence electrons. The van der Waals surface area contributed by atoms with Crippen molar-refractivity contribution in [2.24, 2.45) is 0 Å². The first-order chi connectivity index (χ1) is 12.2. The molecule has 3 aromatic rings. The van der Waals surface area contributed by atoms with Gasteiger partial charge in [0.15, 0.2) is 5.01 Å². The number of carbonyl (C=O) groups is 1. The van der Waals surface area contributed by atoms with Crippen molar-refractivity contribution >= 4 is 27.5 Å². The summed E-state index contributed by atoms with van der Waals surface area (Å²) in [5.41, 5.74) is 2.24. The van der Waals surface area contributed by atoms with Gasteiger partial charge in [0, 0.05) is 32.2 Å². The Hall–Kier alpha value is -2.24. The molecule has 1 amide bonds. The minimum Gasteiger partial charge on any atom is -0.334 e. The molecule has 0 unspecified atom stereocenters. The largest absolute Gasteiger partial charge is 0.334 e. The van der Waals surface area contributed by atoms with Gasteiger partial charge in [-0.05, 0) is 24.6 Å². The number of rotatable bonds is 3. The van der Waals surface area contributed by atoms with Crippen LogP contribution >= 0.6 is 11.3 Å². The average molecular weight is 351 g/mol. The van der Waals surface area contributed by atoms with E-state index in [2.05, 4.69) is 41.1 Å². The first kappa shape index (κ1) is 16.2. The summed E-state index contributed by atoms with van der Waals surface area (Å²) >= 11 is 1.49. The first-order valence-electron chi connectivity index (χ1n) is 8.66. The molecule has 0 bridgehead atoms. The maximum atomic E-state index is 12.8. The third-order valence-electron chi connectivity index (χ3n) is 4.91. The van der Waals surface area contributed by atoms with Crippen LogP contribution in [0.4, 0.5) is 0 Å².